The molecule has 1 heterocycles. The molecule has 1 saturated carbocycles. The fourth-order valence-electron chi connectivity index (χ4n) is 4.80. The van der Waals surface area contributed by atoms with E-state index in [9.17, 15) is 23.1 Å². The Balaban J connectivity index is 1.62. The average Bonchev–Trinajstić information content (AvgIpc) is 2.69. The SMILES string of the molecule is CCCCCC1(CC(=CC2CCC(c3cc(F)c(F)c(F)c3)CC2)C(=O)O)COC1. The third kappa shape index (κ3) is 5.45. The molecule has 3 nitrogen and oxygen atoms in total. The Kier molecular flexibility index (Phi) is 7.61. The summed E-state index contributed by atoms with van der Waals surface area (Å²) in [6, 6.07) is 2.16. The molecule has 0 bridgehead atoms. The van der Waals surface area contributed by atoms with Gasteiger partial charge < -0.3 is 9.84 Å². The summed E-state index contributed by atoms with van der Waals surface area (Å²) in [6.45, 7) is 3.39. The lowest BCUT2D eigenvalue weighted by Crippen LogP contribution is -2.43. The minimum absolute atomic E-state index is 0.0343. The molecule has 0 amide bonds. The highest BCUT2D eigenvalue weighted by Gasteiger charge is 2.40. The molecule has 2 aliphatic rings. The van der Waals surface area contributed by atoms with Crippen LogP contribution in [0.1, 0.15) is 76.2 Å². The molecule has 0 atom stereocenters. The quantitative estimate of drug-likeness (QED) is 0.284. The van der Waals surface area contributed by atoms with Crippen molar-refractivity contribution in [2.24, 2.45) is 11.3 Å². The molecule has 0 unspecified atom stereocenters. The Morgan fingerprint density at radius 2 is 1.77 bits per heavy atom. The minimum Gasteiger partial charge on any atom is -0.478 e. The zero-order valence-electron chi connectivity index (χ0n) is 17.6. The summed E-state index contributed by atoms with van der Waals surface area (Å²) in [7, 11) is 0. The van der Waals surface area contributed by atoms with Crippen LogP contribution < -0.4 is 0 Å². The summed E-state index contributed by atoms with van der Waals surface area (Å²) in [5.74, 6) is -4.52. The van der Waals surface area contributed by atoms with Crippen LogP contribution in [0.3, 0.4) is 0 Å². The van der Waals surface area contributed by atoms with Gasteiger partial charge in [0.1, 0.15) is 0 Å². The molecular weight excluding hydrogens is 393 g/mol. The van der Waals surface area contributed by atoms with Gasteiger partial charge in [0, 0.05) is 11.0 Å². The summed E-state index contributed by atoms with van der Waals surface area (Å²) in [6.07, 6.45) is 9.66. The van der Waals surface area contributed by atoms with Gasteiger partial charge in [0.15, 0.2) is 17.5 Å². The van der Waals surface area contributed by atoms with E-state index in [1.54, 1.807) is 0 Å². The smallest absolute Gasteiger partial charge is 0.331 e. The van der Waals surface area contributed by atoms with Crippen molar-refractivity contribution in [2.75, 3.05) is 13.2 Å². The van der Waals surface area contributed by atoms with E-state index in [-0.39, 0.29) is 17.3 Å². The second kappa shape index (κ2) is 9.99. The lowest BCUT2D eigenvalue weighted by molar-refractivity contribution is -0.137. The maximum Gasteiger partial charge on any atom is 0.331 e. The summed E-state index contributed by atoms with van der Waals surface area (Å²) < 4.78 is 45.7. The van der Waals surface area contributed by atoms with Gasteiger partial charge in [0.25, 0.3) is 0 Å². The normalized spacial score (nSPS) is 23.8. The van der Waals surface area contributed by atoms with Crippen LogP contribution in [-0.4, -0.2) is 24.3 Å². The molecule has 0 spiro atoms. The van der Waals surface area contributed by atoms with Gasteiger partial charge >= 0.3 is 5.97 Å². The van der Waals surface area contributed by atoms with E-state index in [4.69, 9.17) is 4.74 Å². The number of carboxylic acid groups (broad SMARTS) is 1. The molecule has 0 radical (unpaired) electrons. The van der Waals surface area contributed by atoms with Crippen molar-refractivity contribution in [3.8, 4) is 0 Å². The van der Waals surface area contributed by atoms with E-state index in [0.717, 1.165) is 50.7 Å². The van der Waals surface area contributed by atoms with Crippen molar-refractivity contribution in [1.29, 1.82) is 0 Å². The number of hydrogen-bond donors (Lipinski definition) is 1. The lowest BCUT2D eigenvalue weighted by atomic mass is 9.73. The number of allylic oxidation sites excluding steroid dienone is 1. The Bertz CT molecular complexity index is 755. The van der Waals surface area contributed by atoms with Crippen LogP contribution in [-0.2, 0) is 9.53 Å². The predicted molar refractivity (Wildman–Crippen MR) is 109 cm³/mol. The summed E-state index contributed by atoms with van der Waals surface area (Å²) >= 11 is 0. The summed E-state index contributed by atoms with van der Waals surface area (Å²) in [4.78, 5) is 11.9. The van der Waals surface area contributed by atoms with E-state index in [0.29, 0.717) is 43.6 Å². The van der Waals surface area contributed by atoms with Crippen LogP contribution in [0.5, 0.6) is 0 Å². The first kappa shape index (κ1) is 22.9. The molecule has 3 rings (SSSR count). The third-order valence-electron chi connectivity index (χ3n) is 6.65. The Morgan fingerprint density at radius 3 is 2.27 bits per heavy atom. The second-order valence-electron chi connectivity index (χ2n) is 9.03. The van der Waals surface area contributed by atoms with Crippen LogP contribution in [0.25, 0.3) is 0 Å². The van der Waals surface area contributed by atoms with E-state index >= 15 is 0 Å². The fourth-order valence-corrected chi connectivity index (χ4v) is 4.80. The number of halogens is 3. The van der Waals surface area contributed by atoms with Gasteiger partial charge in [-0.1, -0.05) is 32.3 Å². The lowest BCUT2D eigenvalue weighted by Gasteiger charge is -2.42. The van der Waals surface area contributed by atoms with E-state index in [1.165, 1.54) is 0 Å². The van der Waals surface area contributed by atoms with Crippen molar-refractivity contribution < 1.29 is 27.8 Å². The average molecular weight is 425 g/mol. The van der Waals surface area contributed by atoms with Gasteiger partial charge in [-0.15, -0.1) is 0 Å². The number of unbranched alkanes of at least 4 members (excludes halogenated alkanes) is 2. The van der Waals surface area contributed by atoms with E-state index in [1.807, 2.05) is 6.08 Å². The zero-order valence-corrected chi connectivity index (χ0v) is 17.6. The third-order valence-corrected chi connectivity index (χ3v) is 6.65. The number of rotatable bonds is 9. The predicted octanol–water partition coefficient (Wildman–Crippen LogP) is 6.38. The topological polar surface area (TPSA) is 46.5 Å². The van der Waals surface area contributed by atoms with Crippen LogP contribution in [0.2, 0.25) is 0 Å². The standard InChI is InChI=1S/C24H31F3O3/c1-2-3-4-9-24(14-30-15-24)13-19(23(28)29)10-16-5-7-17(8-6-16)18-11-20(25)22(27)21(26)12-18/h10-12,16-17H,2-9,13-15H2,1H3,(H,28,29). The molecule has 166 valence electrons. The monoisotopic (exact) mass is 424 g/mol. The fraction of sp³-hybridized carbons (Fsp3) is 0.625. The first-order valence-electron chi connectivity index (χ1n) is 11.0. The van der Waals surface area contributed by atoms with Crippen molar-refractivity contribution >= 4 is 5.97 Å². The maximum absolute atomic E-state index is 13.5. The van der Waals surface area contributed by atoms with Crippen molar-refractivity contribution in [3.63, 3.8) is 0 Å². The Labute approximate surface area is 176 Å². The van der Waals surface area contributed by atoms with Gasteiger partial charge in [0.2, 0.25) is 0 Å². The highest BCUT2D eigenvalue weighted by molar-refractivity contribution is 5.86. The molecule has 1 aliphatic carbocycles. The largest absolute Gasteiger partial charge is 0.478 e. The summed E-state index contributed by atoms with van der Waals surface area (Å²) in [5, 5.41) is 9.75. The van der Waals surface area contributed by atoms with Crippen LogP contribution >= 0.6 is 0 Å². The second-order valence-corrected chi connectivity index (χ2v) is 9.03. The Hall–Kier alpha value is -1.82. The van der Waals surface area contributed by atoms with Gasteiger partial charge in [-0.25, -0.2) is 18.0 Å². The first-order valence-corrected chi connectivity index (χ1v) is 11.0. The van der Waals surface area contributed by atoms with Crippen molar-refractivity contribution in [1.82, 2.24) is 0 Å². The number of aliphatic carboxylic acids is 1. The first-order chi connectivity index (χ1) is 14.3. The van der Waals surface area contributed by atoms with Gasteiger partial charge in [0.05, 0.1) is 13.2 Å². The Morgan fingerprint density at radius 1 is 1.13 bits per heavy atom. The molecule has 1 N–H and O–H groups in total. The number of benzene rings is 1. The van der Waals surface area contributed by atoms with Gasteiger partial charge in [-0.3, -0.25) is 0 Å². The van der Waals surface area contributed by atoms with Crippen molar-refractivity contribution in [3.05, 3.63) is 46.8 Å². The van der Waals surface area contributed by atoms with Crippen LogP contribution in [0.4, 0.5) is 13.2 Å². The van der Waals surface area contributed by atoms with Gasteiger partial charge in [-0.05, 0) is 68.1 Å². The van der Waals surface area contributed by atoms with Crippen LogP contribution in [0.15, 0.2) is 23.8 Å². The maximum atomic E-state index is 13.5. The number of ether oxygens (including phenoxy) is 1. The molecule has 1 saturated heterocycles. The number of hydrogen-bond acceptors (Lipinski definition) is 2. The molecule has 2 fully saturated rings. The number of carboxylic acids is 1. The minimum atomic E-state index is -1.44. The molecule has 1 aromatic rings. The molecular formula is C24H31F3O3. The number of carbonyl (C=O) groups is 1. The highest BCUT2D eigenvalue weighted by Crippen LogP contribution is 2.42. The molecule has 1 aromatic carbocycles. The molecule has 6 heteroatoms. The van der Waals surface area contributed by atoms with E-state index < -0.39 is 23.4 Å². The van der Waals surface area contributed by atoms with E-state index in [2.05, 4.69) is 6.92 Å². The highest BCUT2D eigenvalue weighted by atomic mass is 19.2. The zero-order chi connectivity index (χ0) is 21.7. The van der Waals surface area contributed by atoms with Gasteiger partial charge in [-0.2, -0.15) is 0 Å². The van der Waals surface area contributed by atoms with Crippen LogP contribution in [0, 0.1) is 28.8 Å². The van der Waals surface area contributed by atoms with Crippen molar-refractivity contribution in [2.45, 2.75) is 70.6 Å². The molecule has 0 aromatic heterocycles. The summed E-state index contributed by atoms with van der Waals surface area (Å²) in [5.41, 5.74) is 0.880. The molecule has 30 heavy (non-hydrogen) atoms. The molecule has 1 aliphatic heterocycles.